The Morgan fingerprint density at radius 2 is 2.07 bits per heavy atom. The second-order valence-electron chi connectivity index (χ2n) is 6.20. The lowest BCUT2D eigenvalue weighted by atomic mass is 10.0. The van der Waals surface area contributed by atoms with Crippen LogP contribution in [0.2, 0.25) is 0 Å². The summed E-state index contributed by atoms with van der Waals surface area (Å²) < 4.78 is 7.03. The number of aliphatic hydroxyl groups excluding tert-OH is 1. The number of carbonyl (C=O) groups is 1. The van der Waals surface area contributed by atoms with Crippen LogP contribution in [0.15, 0.2) is 42.7 Å². The fraction of sp³-hybridized carbons (Fsp3) is 0.350. The topological polar surface area (TPSA) is 88.8 Å². The van der Waals surface area contributed by atoms with Gasteiger partial charge in [0.15, 0.2) is 11.3 Å². The smallest absolute Gasteiger partial charge is 0.272 e. The molecule has 0 aliphatic heterocycles. The molecule has 2 heterocycles. The van der Waals surface area contributed by atoms with Gasteiger partial charge in [0.05, 0.1) is 12.6 Å². The lowest BCUT2D eigenvalue weighted by molar-refractivity contribution is 0.0930. The van der Waals surface area contributed by atoms with Gasteiger partial charge in [-0.05, 0) is 43.0 Å². The van der Waals surface area contributed by atoms with Gasteiger partial charge in [0.25, 0.3) is 5.91 Å². The van der Waals surface area contributed by atoms with Gasteiger partial charge in [-0.3, -0.25) is 4.79 Å². The number of hydrogen-bond donors (Lipinski definition) is 2. The zero-order valence-corrected chi connectivity index (χ0v) is 15.6. The quantitative estimate of drug-likeness (QED) is 0.638. The van der Waals surface area contributed by atoms with Gasteiger partial charge in [-0.1, -0.05) is 19.1 Å². The number of nitrogens with zero attached hydrogens (tertiary/aromatic N) is 3. The molecule has 7 nitrogen and oxygen atoms in total. The second-order valence-corrected chi connectivity index (χ2v) is 6.20. The highest BCUT2D eigenvalue weighted by molar-refractivity contribution is 5.93. The zero-order valence-electron chi connectivity index (χ0n) is 15.6. The predicted molar refractivity (Wildman–Crippen MR) is 102 cm³/mol. The molecule has 3 rings (SSSR count). The van der Waals surface area contributed by atoms with Gasteiger partial charge in [0.2, 0.25) is 0 Å². The minimum Gasteiger partial charge on any atom is -0.494 e. The number of ether oxygens (including phenoxy) is 1. The van der Waals surface area contributed by atoms with E-state index in [2.05, 4.69) is 15.4 Å². The highest BCUT2D eigenvalue weighted by Crippen LogP contribution is 2.21. The van der Waals surface area contributed by atoms with Crippen LogP contribution in [0.25, 0.3) is 5.65 Å². The Hall–Kier alpha value is -2.93. The van der Waals surface area contributed by atoms with Crippen molar-refractivity contribution in [2.24, 2.45) is 0 Å². The van der Waals surface area contributed by atoms with Crippen molar-refractivity contribution in [3.63, 3.8) is 0 Å². The molecular weight excluding hydrogens is 344 g/mol. The first kappa shape index (κ1) is 18.8. The number of amides is 1. The van der Waals surface area contributed by atoms with Crippen LogP contribution >= 0.6 is 0 Å². The van der Waals surface area contributed by atoms with Gasteiger partial charge in [0.1, 0.15) is 5.75 Å². The zero-order chi connectivity index (χ0) is 19.2. The van der Waals surface area contributed by atoms with Crippen molar-refractivity contribution in [3.05, 3.63) is 59.5 Å². The lowest BCUT2D eigenvalue weighted by Gasteiger charge is -2.17. The van der Waals surface area contributed by atoms with Crippen LogP contribution in [-0.4, -0.2) is 38.8 Å². The Bertz CT molecular complexity index is 905. The Morgan fingerprint density at radius 3 is 2.74 bits per heavy atom. The van der Waals surface area contributed by atoms with E-state index >= 15 is 0 Å². The average Bonchev–Trinajstić information content (AvgIpc) is 3.11. The Balaban J connectivity index is 1.75. The van der Waals surface area contributed by atoms with Gasteiger partial charge in [-0.15, -0.1) is 0 Å². The number of rotatable bonds is 8. The van der Waals surface area contributed by atoms with Gasteiger partial charge >= 0.3 is 0 Å². The van der Waals surface area contributed by atoms with Crippen molar-refractivity contribution >= 4 is 11.6 Å². The van der Waals surface area contributed by atoms with E-state index in [1.807, 2.05) is 38.1 Å². The van der Waals surface area contributed by atoms with E-state index in [4.69, 9.17) is 9.84 Å². The molecule has 1 aromatic carbocycles. The molecule has 142 valence electrons. The minimum absolute atomic E-state index is 0.0437. The SMILES string of the molecule is CCOc1ccc(C(CC)NC(=O)c2cc3ncc(CCO)cn3n2)cc1. The Labute approximate surface area is 158 Å². The molecule has 0 aliphatic rings. The fourth-order valence-electron chi connectivity index (χ4n) is 2.90. The molecule has 0 saturated carbocycles. The molecule has 0 aliphatic carbocycles. The number of fused-ring (bicyclic) bond motifs is 1. The van der Waals surface area contributed by atoms with Crippen molar-refractivity contribution in [1.82, 2.24) is 19.9 Å². The summed E-state index contributed by atoms with van der Waals surface area (Å²) in [6, 6.07) is 9.28. The van der Waals surface area contributed by atoms with Gasteiger partial charge < -0.3 is 15.2 Å². The molecule has 1 amide bonds. The summed E-state index contributed by atoms with van der Waals surface area (Å²) in [7, 11) is 0. The standard InChI is InChI=1S/C20H24N4O3/c1-3-17(15-5-7-16(8-6-15)27-4-2)22-20(26)18-11-19-21-12-14(9-10-25)13-24(19)23-18/h5-8,11-13,17,25H,3-4,9-10H2,1-2H3,(H,22,26). The van der Waals surface area contributed by atoms with E-state index in [1.165, 1.54) is 0 Å². The third-order valence-corrected chi connectivity index (χ3v) is 4.31. The van der Waals surface area contributed by atoms with Crippen LogP contribution in [0.1, 0.15) is 47.9 Å². The van der Waals surface area contributed by atoms with Crippen LogP contribution in [0.5, 0.6) is 5.75 Å². The molecule has 0 saturated heterocycles. The van der Waals surface area contributed by atoms with Crippen LogP contribution in [-0.2, 0) is 6.42 Å². The van der Waals surface area contributed by atoms with Crippen LogP contribution in [0, 0.1) is 0 Å². The summed E-state index contributed by atoms with van der Waals surface area (Å²) in [5.41, 5.74) is 2.78. The number of aliphatic hydroxyl groups is 1. The molecule has 2 N–H and O–H groups in total. The number of aromatic nitrogens is 3. The summed E-state index contributed by atoms with van der Waals surface area (Å²) in [6.45, 7) is 4.63. The molecule has 2 aromatic heterocycles. The van der Waals surface area contributed by atoms with Crippen LogP contribution in [0.3, 0.4) is 0 Å². The van der Waals surface area contributed by atoms with Gasteiger partial charge in [-0.2, -0.15) is 5.10 Å². The Morgan fingerprint density at radius 1 is 1.30 bits per heavy atom. The summed E-state index contributed by atoms with van der Waals surface area (Å²) in [4.78, 5) is 16.9. The summed E-state index contributed by atoms with van der Waals surface area (Å²) in [6.07, 6.45) is 4.72. The van der Waals surface area contributed by atoms with Crippen molar-refractivity contribution in [1.29, 1.82) is 0 Å². The van der Waals surface area contributed by atoms with E-state index in [9.17, 15) is 4.79 Å². The maximum atomic E-state index is 12.7. The number of hydrogen-bond acceptors (Lipinski definition) is 5. The number of carbonyl (C=O) groups excluding carboxylic acids is 1. The fourth-order valence-corrected chi connectivity index (χ4v) is 2.90. The van der Waals surface area contributed by atoms with E-state index in [1.54, 1.807) is 23.0 Å². The van der Waals surface area contributed by atoms with E-state index in [0.29, 0.717) is 24.4 Å². The molecule has 0 spiro atoms. The highest BCUT2D eigenvalue weighted by Gasteiger charge is 2.17. The number of benzene rings is 1. The Kier molecular flexibility index (Phi) is 6.03. The summed E-state index contributed by atoms with van der Waals surface area (Å²) in [5, 5.41) is 16.4. The van der Waals surface area contributed by atoms with E-state index < -0.39 is 0 Å². The largest absolute Gasteiger partial charge is 0.494 e. The molecule has 7 heteroatoms. The van der Waals surface area contributed by atoms with Crippen molar-refractivity contribution in [2.75, 3.05) is 13.2 Å². The molecule has 1 unspecified atom stereocenters. The van der Waals surface area contributed by atoms with Crippen LogP contribution < -0.4 is 10.1 Å². The van der Waals surface area contributed by atoms with Crippen LogP contribution in [0.4, 0.5) is 0 Å². The predicted octanol–water partition coefficient (Wildman–Crippen LogP) is 2.54. The number of nitrogens with one attached hydrogen (secondary N) is 1. The molecule has 3 aromatic rings. The van der Waals surface area contributed by atoms with E-state index in [0.717, 1.165) is 23.3 Å². The van der Waals surface area contributed by atoms with Crippen molar-refractivity contribution in [2.45, 2.75) is 32.7 Å². The summed E-state index contributed by atoms with van der Waals surface area (Å²) >= 11 is 0. The monoisotopic (exact) mass is 368 g/mol. The van der Waals surface area contributed by atoms with Crippen molar-refractivity contribution in [3.8, 4) is 5.75 Å². The highest BCUT2D eigenvalue weighted by atomic mass is 16.5. The second kappa shape index (κ2) is 8.64. The van der Waals surface area contributed by atoms with Crippen molar-refractivity contribution < 1.29 is 14.6 Å². The molecule has 0 radical (unpaired) electrons. The third kappa shape index (κ3) is 4.43. The third-order valence-electron chi connectivity index (χ3n) is 4.31. The first-order chi connectivity index (χ1) is 13.1. The van der Waals surface area contributed by atoms with Gasteiger partial charge in [-0.25, -0.2) is 9.50 Å². The maximum absolute atomic E-state index is 12.7. The molecule has 1 atom stereocenters. The first-order valence-corrected chi connectivity index (χ1v) is 9.13. The molecular formula is C20H24N4O3. The first-order valence-electron chi connectivity index (χ1n) is 9.13. The molecule has 27 heavy (non-hydrogen) atoms. The lowest BCUT2D eigenvalue weighted by Crippen LogP contribution is -2.28. The summed E-state index contributed by atoms with van der Waals surface area (Å²) in [5.74, 6) is 0.567. The molecule has 0 fully saturated rings. The average molecular weight is 368 g/mol. The maximum Gasteiger partial charge on any atom is 0.272 e. The normalized spacial score (nSPS) is 12.1. The minimum atomic E-state index is -0.245. The molecule has 0 bridgehead atoms. The van der Waals surface area contributed by atoms with Gasteiger partial charge in [0, 0.05) is 25.1 Å². The van der Waals surface area contributed by atoms with E-state index in [-0.39, 0.29) is 18.6 Å².